The first-order valence-corrected chi connectivity index (χ1v) is 7.70. The van der Waals surface area contributed by atoms with Crippen molar-refractivity contribution in [2.45, 2.75) is 31.7 Å². The molecule has 19 heavy (non-hydrogen) atoms. The Bertz CT molecular complexity index is 414. The van der Waals surface area contributed by atoms with Gasteiger partial charge in [-0.15, -0.1) is 0 Å². The van der Waals surface area contributed by atoms with Gasteiger partial charge in [0.25, 0.3) is 0 Å². The van der Waals surface area contributed by atoms with Crippen molar-refractivity contribution in [1.29, 1.82) is 0 Å². The molecular weight excluding hydrogens is 355 g/mol. The van der Waals surface area contributed by atoms with Gasteiger partial charge in [-0.2, -0.15) is 0 Å². The fourth-order valence-corrected chi connectivity index (χ4v) is 2.88. The van der Waals surface area contributed by atoms with Gasteiger partial charge in [0, 0.05) is 21.8 Å². The van der Waals surface area contributed by atoms with Crippen molar-refractivity contribution in [2.24, 2.45) is 5.92 Å². The summed E-state index contributed by atoms with van der Waals surface area (Å²) in [6, 6.07) is 8.53. The first-order chi connectivity index (χ1) is 9.13. The zero-order valence-electron chi connectivity index (χ0n) is 10.7. The molecule has 0 radical (unpaired) electrons. The summed E-state index contributed by atoms with van der Waals surface area (Å²) in [7, 11) is 0. The standard InChI is InChI=1S/C14H19IN2O2/c15-11-3-7-12(8-4-11)16-9-10-1-5-13(6-2-10)17-14(18)19/h3-4,7-8,10,13,16-17H,1-2,5-6,9H2,(H,18,19)/t10-,13-. The summed E-state index contributed by atoms with van der Waals surface area (Å²) >= 11 is 2.30. The van der Waals surface area contributed by atoms with Crippen LogP contribution >= 0.6 is 22.6 Å². The van der Waals surface area contributed by atoms with Gasteiger partial charge < -0.3 is 15.7 Å². The summed E-state index contributed by atoms with van der Waals surface area (Å²) in [6.45, 7) is 0.973. The first kappa shape index (κ1) is 14.4. The van der Waals surface area contributed by atoms with Gasteiger partial charge in [-0.3, -0.25) is 0 Å². The molecule has 0 aliphatic heterocycles. The number of carbonyl (C=O) groups is 1. The molecule has 1 aromatic rings. The van der Waals surface area contributed by atoms with Crippen LogP contribution in [0.3, 0.4) is 0 Å². The fourth-order valence-electron chi connectivity index (χ4n) is 2.52. The van der Waals surface area contributed by atoms with Gasteiger partial charge >= 0.3 is 6.09 Å². The van der Waals surface area contributed by atoms with Crippen molar-refractivity contribution in [3.8, 4) is 0 Å². The number of amides is 1. The predicted octanol–water partition coefficient (Wildman–Crippen LogP) is 3.53. The Balaban J connectivity index is 1.71. The van der Waals surface area contributed by atoms with Crippen LogP contribution < -0.4 is 10.6 Å². The molecule has 0 atom stereocenters. The molecule has 0 saturated heterocycles. The van der Waals surface area contributed by atoms with Crippen LogP contribution in [0.1, 0.15) is 25.7 Å². The molecular formula is C14H19IN2O2. The van der Waals surface area contributed by atoms with Crippen LogP contribution in [0.15, 0.2) is 24.3 Å². The second-order valence-electron chi connectivity index (χ2n) is 5.05. The van der Waals surface area contributed by atoms with Gasteiger partial charge in [0.2, 0.25) is 0 Å². The number of rotatable bonds is 4. The second-order valence-corrected chi connectivity index (χ2v) is 6.30. The predicted molar refractivity (Wildman–Crippen MR) is 84.6 cm³/mol. The molecule has 1 amide bonds. The summed E-state index contributed by atoms with van der Waals surface area (Å²) in [6.07, 6.45) is 3.17. The van der Waals surface area contributed by atoms with Gasteiger partial charge in [-0.25, -0.2) is 4.79 Å². The maximum atomic E-state index is 10.6. The lowest BCUT2D eigenvalue weighted by Crippen LogP contribution is -2.37. The highest BCUT2D eigenvalue weighted by atomic mass is 127. The molecule has 104 valence electrons. The van der Waals surface area contributed by atoms with Gasteiger partial charge in [0.15, 0.2) is 0 Å². The van der Waals surface area contributed by atoms with E-state index >= 15 is 0 Å². The molecule has 1 aliphatic rings. The summed E-state index contributed by atoms with van der Waals surface area (Å²) in [5.74, 6) is 0.645. The van der Waals surface area contributed by atoms with Crippen molar-refractivity contribution in [1.82, 2.24) is 5.32 Å². The van der Waals surface area contributed by atoms with E-state index in [1.807, 2.05) is 0 Å². The Kier molecular flexibility index (Phi) is 5.30. The van der Waals surface area contributed by atoms with Crippen LogP contribution in [0.2, 0.25) is 0 Å². The molecule has 0 unspecified atom stereocenters. The summed E-state index contributed by atoms with van der Waals surface area (Å²) in [4.78, 5) is 10.6. The van der Waals surface area contributed by atoms with Crippen LogP contribution in [0.25, 0.3) is 0 Å². The Morgan fingerprint density at radius 1 is 1.21 bits per heavy atom. The minimum Gasteiger partial charge on any atom is -0.465 e. The van der Waals surface area contributed by atoms with Crippen LogP contribution in [0, 0.1) is 9.49 Å². The van der Waals surface area contributed by atoms with Crippen molar-refractivity contribution >= 4 is 34.4 Å². The molecule has 2 rings (SSSR count). The Labute approximate surface area is 127 Å². The highest BCUT2D eigenvalue weighted by Gasteiger charge is 2.21. The van der Waals surface area contributed by atoms with Crippen LogP contribution in [-0.2, 0) is 0 Å². The maximum absolute atomic E-state index is 10.6. The minimum atomic E-state index is -0.902. The van der Waals surface area contributed by atoms with Crippen molar-refractivity contribution in [2.75, 3.05) is 11.9 Å². The molecule has 0 bridgehead atoms. The lowest BCUT2D eigenvalue weighted by Gasteiger charge is -2.28. The van der Waals surface area contributed by atoms with Crippen LogP contribution in [-0.4, -0.2) is 23.8 Å². The average molecular weight is 374 g/mol. The van der Waals surface area contributed by atoms with Gasteiger partial charge in [-0.05, 0) is 78.5 Å². The molecule has 1 aromatic carbocycles. The van der Waals surface area contributed by atoms with Gasteiger partial charge in [0.1, 0.15) is 0 Å². The highest BCUT2D eigenvalue weighted by Crippen LogP contribution is 2.24. The number of nitrogens with one attached hydrogen (secondary N) is 2. The number of carboxylic acid groups (broad SMARTS) is 1. The zero-order chi connectivity index (χ0) is 13.7. The third kappa shape index (κ3) is 4.89. The topological polar surface area (TPSA) is 61.4 Å². The molecule has 0 spiro atoms. The van der Waals surface area contributed by atoms with E-state index in [0.29, 0.717) is 5.92 Å². The van der Waals surface area contributed by atoms with Crippen molar-refractivity contribution < 1.29 is 9.90 Å². The van der Waals surface area contributed by atoms with Crippen molar-refractivity contribution in [3.63, 3.8) is 0 Å². The molecule has 1 aliphatic carbocycles. The molecule has 4 nitrogen and oxygen atoms in total. The molecule has 0 heterocycles. The van der Waals surface area contributed by atoms with E-state index in [-0.39, 0.29) is 6.04 Å². The SMILES string of the molecule is O=C(O)N[C@H]1CC[C@H](CNc2ccc(I)cc2)CC1. The normalized spacial score (nSPS) is 22.8. The molecule has 0 aromatic heterocycles. The summed E-state index contributed by atoms with van der Waals surface area (Å²) in [5.41, 5.74) is 1.16. The molecule has 1 fully saturated rings. The highest BCUT2D eigenvalue weighted by molar-refractivity contribution is 14.1. The second kappa shape index (κ2) is 6.98. The Hall–Kier alpha value is -0.980. The van der Waals surface area contributed by atoms with E-state index < -0.39 is 6.09 Å². The average Bonchev–Trinajstić information content (AvgIpc) is 2.39. The molecule has 1 saturated carbocycles. The minimum absolute atomic E-state index is 0.145. The number of benzene rings is 1. The van der Waals surface area contributed by atoms with E-state index in [1.54, 1.807) is 0 Å². The number of hydrogen-bond acceptors (Lipinski definition) is 2. The quantitative estimate of drug-likeness (QED) is 0.707. The van der Waals surface area contributed by atoms with Gasteiger partial charge in [-0.1, -0.05) is 0 Å². The van der Waals surface area contributed by atoms with E-state index in [1.165, 1.54) is 3.57 Å². The third-order valence-corrected chi connectivity index (χ3v) is 4.33. The van der Waals surface area contributed by atoms with Crippen LogP contribution in [0.4, 0.5) is 10.5 Å². The monoisotopic (exact) mass is 374 g/mol. The Morgan fingerprint density at radius 3 is 2.42 bits per heavy atom. The lowest BCUT2D eigenvalue weighted by atomic mass is 9.86. The fraction of sp³-hybridized carbons (Fsp3) is 0.500. The van der Waals surface area contributed by atoms with Crippen LogP contribution in [0.5, 0.6) is 0 Å². The van der Waals surface area contributed by atoms with Gasteiger partial charge in [0.05, 0.1) is 0 Å². The smallest absolute Gasteiger partial charge is 0.404 e. The number of halogens is 1. The summed E-state index contributed by atoms with van der Waals surface area (Å²) in [5, 5.41) is 14.7. The molecule has 3 N–H and O–H groups in total. The van der Waals surface area contributed by atoms with E-state index in [0.717, 1.165) is 37.9 Å². The van der Waals surface area contributed by atoms with E-state index in [4.69, 9.17) is 5.11 Å². The van der Waals surface area contributed by atoms with E-state index in [2.05, 4.69) is 57.5 Å². The van der Waals surface area contributed by atoms with E-state index in [9.17, 15) is 4.79 Å². The number of hydrogen-bond donors (Lipinski definition) is 3. The largest absolute Gasteiger partial charge is 0.465 e. The summed E-state index contributed by atoms with van der Waals surface area (Å²) < 4.78 is 1.24. The lowest BCUT2D eigenvalue weighted by molar-refractivity contribution is 0.183. The van der Waals surface area contributed by atoms with Crippen molar-refractivity contribution in [3.05, 3.63) is 27.8 Å². The third-order valence-electron chi connectivity index (χ3n) is 3.61. The Morgan fingerprint density at radius 2 is 1.84 bits per heavy atom. The zero-order valence-corrected chi connectivity index (χ0v) is 12.9. The maximum Gasteiger partial charge on any atom is 0.404 e. The first-order valence-electron chi connectivity index (χ1n) is 6.62. The number of anilines is 1. The molecule has 5 heteroatoms.